The van der Waals surface area contributed by atoms with Gasteiger partial charge in [-0.15, -0.1) is 0 Å². The molecule has 0 spiro atoms. The Hall–Kier alpha value is -2.97. The molecule has 7 nitrogen and oxygen atoms in total. The summed E-state index contributed by atoms with van der Waals surface area (Å²) in [6.07, 6.45) is 3.60. The summed E-state index contributed by atoms with van der Waals surface area (Å²) in [6.45, 7) is 2.47. The van der Waals surface area contributed by atoms with E-state index in [0.29, 0.717) is 12.1 Å². The summed E-state index contributed by atoms with van der Waals surface area (Å²) in [5.41, 5.74) is 2.38. The van der Waals surface area contributed by atoms with Gasteiger partial charge < -0.3 is 5.32 Å². The molecule has 0 unspecified atom stereocenters. The summed E-state index contributed by atoms with van der Waals surface area (Å²) >= 11 is 0. The van der Waals surface area contributed by atoms with Gasteiger partial charge in [0.1, 0.15) is 0 Å². The second kappa shape index (κ2) is 7.73. The van der Waals surface area contributed by atoms with Crippen molar-refractivity contribution in [2.24, 2.45) is 5.14 Å². The van der Waals surface area contributed by atoms with Crippen molar-refractivity contribution >= 4 is 15.9 Å². The molecule has 0 aliphatic heterocycles. The van der Waals surface area contributed by atoms with E-state index in [4.69, 9.17) is 5.14 Å². The third-order valence-electron chi connectivity index (χ3n) is 4.18. The maximum Gasteiger partial charge on any atom is 0.251 e. The fourth-order valence-electron chi connectivity index (χ4n) is 2.65. The van der Waals surface area contributed by atoms with Gasteiger partial charge in [-0.3, -0.25) is 9.48 Å². The standard InChI is InChI=1S/C19H20N4O3S/c1-14(16-7-9-18(10-8-16)27(20,25)26)22-19(24)17-5-3-15(4-6-17)13-23-12-2-11-21-23/h2-12,14H,13H2,1H3,(H,22,24)(H2,20,25,26)/t14-/m0/s1. The van der Waals surface area contributed by atoms with E-state index < -0.39 is 10.0 Å². The Labute approximate surface area is 157 Å². The van der Waals surface area contributed by atoms with Crippen molar-refractivity contribution in [2.75, 3.05) is 0 Å². The molecule has 140 valence electrons. The fraction of sp³-hybridized carbons (Fsp3) is 0.158. The molecule has 27 heavy (non-hydrogen) atoms. The average molecular weight is 384 g/mol. The van der Waals surface area contributed by atoms with Gasteiger partial charge in [0.25, 0.3) is 5.91 Å². The van der Waals surface area contributed by atoms with Gasteiger partial charge in [0.05, 0.1) is 17.5 Å². The fourth-order valence-corrected chi connectivity index (χ4v) is 3.17. The Balaban J connectivity index is 1.64. The molecule has 1 heterocycles. The van der Waals surface area contributed by atoms with Crippen molar-refractivity contribution in [2.45, 2.75) is 24.4 Å². The van der Waals surface area contributed by atoms with Crippen molar-refractivity contribution in [3.05, 3.63) is 83.7 Å². The van der Waals surface area contributed by atoms with Crippen LogP contribution in [0, 0.1) is 0 Å². The van der Waals surface area contributed by atoms with E-state index in [2.05, 4.69) is 10.4 Å². The lowest BCUT2D eigenvalue weighted by Gasteiger charge is -2.15. The molecule has 3 N–H and O–H groups in total. The van der Waals surface area contributed by atoms with E-state index in [0.717, 1.165) is 11.1 Å². The summed E-state index contributed by atoms with van der Waals surface area (Å²) in [4.78, 5) is 12.5. The highest BCUT2D eigenvalue weighted by Gasteiger charge is 2.13. The summed E-state index contributed by atoms with van der Waals surface area (Å²) in [5.74, 6) is -0.205. The highest BCUT2D eigenvalue weighted by atomic mass is 32.2. The zero-order chi connectivity index (χ0) is 19.4. The zero-order valence-corrected chi connectivity index (χ0v) is 15.6. The summed E-state index contributed by atoms with van der Waals surface area (Å²) in [7, 11) is -3.73. The SMILES string of the molecule is C[C@H](NC(=O)c1ccc(Cn2cccn2)cc1)c1ccc(S(N)(=O)=O)cc1. The van der Waals surface area contributed by atoms with Crippen LogP contribution in [0.1, 0.15) is 34.5 Å². The monoisotopic (exact) mass is 384 g/mol. The van der Waals surface area contributed by atoms with Crippen LogP contribution < -0.4 is 10.5 Å². The molecule has 0 aliphatic carbocycles. The Bertz CT molecular complexity index is 1010. The third kappa shape index (κ3) is 4.81. The van der Waals surface area contributed by atoms with Crippen molar-refractivity contribution in [3.63, 3.8) is 0 Å². The Morgan fingerprint density at radius 3 is 2.37 bits per heavy atom. The van der Waals surface area contributed by atoms with E-state index in [9.17, 15) is 13.2 Å². The number of sulfonamides is 1. The molecule has 3 rings (SSSR count). The number of hydrogen-bond donors (Lipinski definition) is 2. The number of benzene rings is 2. The molecule has 0 saturated heterocycles. The van der Waals surface area contributed by atoms with Crippen molar-refractivity contribution < 1.29 is 13.2 Å². The van der Waals surface area contributed by atoms with Gasteiger partial charge in [-0.1, -0.05) is 24.3 Å². The van der Waals surface area contributed by atoms with Gasteiger partial charge >= 0.3 is 0 Å². The Morgan fingerprint density at radius 1 is 1.15 bits per heavy atom. The molecule has 8 heteroatoms. The molecule has 1 aromatic heterocycles. The van der Waals surface area contributed by atoms with Crippen molar-refractivity contribution in [3.8, 4) is 0 Å². The number of hydrogen-bond acceptors (Lipinski definition) is 4. The first-order valence-electron chi connectivity index (χ1n) is 8.33. The average Bonchev–Trinajstić information content (AvgIpc) is 3.14. The summed E-state index contributed by atoms with van der Waals surface area (Å²) < 4.78 is 24.4. The van der Waals surface area contributed by atoms with Crippen molar-refractivity contribution in [1.82, 2.24) is 15.1 Å². The lowest BCUT2D eigenvalue weighted by molar-refractivity contribution is 0.0940. The van der Waals surface area contributed by atoms with Crippen LogP contribution in [-0.4, -0.2) is 24.1 Å². The first-order chi connectivity index (χ1) is 12.8. The number of nitrogens with one attached hydrogen (secondary N) is 1. The number of nitrogens with two attached hydrogens (primary N) is 1. The molecule has 3 aromatic rings. The summed E-state index contributed by atoms with van der Waals surface area (Å²) in [6, 6.07) is 15.0. The highest BCUT2D eigenvalue weighted by Crippen LogP contribution is 2.16. The lowest BCUT2D eigenvalue weighted by atomic mass is 10.1. The molecule has 2 aromatic carbocycles. The minimum atomic E-state index is -3.73. The number of rotatable bonds is 6. The van der Waals surface area contributed by atoms with E-state index >= 15 is 0 Å². The van der Waals surface area contributed by atoms with E-state index in [-0.39, 0.29) is 16.8 Å². The van der Waals surface area contributed by atoms with Gasteiger partial charge in [0.15, 0.2) is 0 Å². The van der Waals surface area contributed by atoms with Crippen LogP contribution in [0.5, 0.6) is 0 Å². The van der Waals surface area contributed by atoms with Crippen LogP contribution in [0.2, 0.25) is 0 Å². The van der Waals surface area contributed by atoms with E-state index in [1.165, 1.54) is 12.1 Å². The van der Waals surface area contributed by atoms with Crippen LogP contribution in [0.3, 0.4) is 0 Å². The zero-order valence-electron chi connectivity index (χ0n) is 14.7. The number of amides is 1. The maximum atomic E-state index is 12.4. The number of aromatic nitrogens is 2. The molecular weight excluding hydrogens is 364 g/mol. The van der Waals surface area contributed by atoms with Crippen LogP contribution >= 0.6 is 0 Å². The first-order valence-corrected chi connectivity index (χ1v) is 9.87. The van der Waals surface area contributed by atoms with Gasteiger partial charge in [0, 0.05) is 18.0 Å². The molecule has 0 radical (unpaired) electrons. The lowest BCUT2D eigenvalue weighted by Crippen LogP contribution is -2.26. The van der Waals surface area contributed by atoms with E-state index in [1.54, 1.807) is 30.5 Å². The predicted octanol–water partition coefficient (Wildman–Crippen LogP) is 2.07. The Morgan fingerprint density at radius 2 is 1.81 bits per heavy atom. The number of carbonyl (C=O) groups is 1. The quantitative estimate of drug-likeness (QED) is 0.678. The van der Waals surface area contributed by atoms with Crippen LogP contribution in [0.4, 0.5) is 0 Å². The molecule has 0 bridgehead atoms. The minimum Gasteiger partial charge on any atom is -0.346 e. The number of nitrogens with zero attached hydrogens (tertiary/aromatic N) is 2. The molecule has 1 atom stereocenters. The van der Waals surface area contributed by atoms with Gasteiger partial charge in [-0.25, -0.2) is 13.6 Å². The smallest absolute Gasteiger partial charge is 0.251 e. The first kappa shape index (κ1) is 18.8. The minimum absolute atomic E-state index is 0.0394. The molecule has 0 aliphatic rings. The number of carbonyl (C=O) groups excluding carboxylic acids is 1. The molecule has 0 saturated carbocycles. The second-order valence-corrected chi connectivity index (χ2v) is 7.77. The van der Waals surface area contributed by atoms with Gasteiger partial charge in [-0.05, 0) is 48.4 Å². The van der Waals surface area contributed by atoms with Crippen LogP contribution in [0.25, 0.3) is 0 Å². The maximum absolute atomic E-state index is 12.4. The normalized spacial score (nSPS) is 12.5. The predicted molar refractivity (Wildman–Crippen MR) is 101 cm³/mol. The number of primary sulfonamides is 1. The topological polar surface area (TPSA) is 107 Å². The summed E-state index contributed by atoms with van der Waals surface area (Å²) in [5, 5.41) is 12.1. The largest absolute Gasteiger partial charge is 0.346 e. The molecular formula is C19H20N4O3S. The van der Waals surface area contributed by atoms with Gasteiger partial charge in [-0.2, -0.15) is 5.10 Å². The van der Waals surface area contributed by atoms with E-state index in [1.807, 2.05) is 36.0 Å². The van der Waals surface area contributed by atoms with Crippen LogP contribution in [0.15, 0.2) is 71.9 Å². The van der Waals surface area contributed by atoms with Gasteiger partial charge in [0.2, 0.25) is 10.0 Å². The van der Waals surface area contributed by atoms with Crippen molar-refractivity contribution in [1.29, 1.82) is 0 Å². The Kier molecular flexibility index (Phi) is 5.38. The highest BCUT2D eigenvalue weighted by molar-refractivity contribution is 7.89. The third-order valence-corrected chi connectivity index (χ3v) is 5.11. The second-order valence-electron chi connectivity index (χ2n) is 6.21. The van der Waals surface area contributed by atoms with Crippen LogP contribution in [-0.2, 0) is 16.6 Å². The molecule has 1 amide bonds. The molecule has 0 fully saturated rings.